The number of hydrogen-bond donors (Lipinski definition) is 3. The van der Waals surface area contributed by atoms with E-state index in [0.29, 0.717) is 8.95 Å². The van der Waals surface area contributed by atoms with Gasteiger partial charge in [-0.25, -0.2) is 23.6 Å². The highest BCUT2D eigenvalue weighted by Crippen LogP contribution is 2.32. The second-order valence-corrected chi connectivity index (χ2v) is 10.9. The Morgan fingerprint density at radius 1 is 1.09 bits per heavy atom. The van der Waals surface area contributed by atoms with E-state index < -0.39 is 27.7 Å². The molecule has 11 nitrogen and oxygen atoms in total. The van der Waals surface area contributed by atoms with E-state index >= 15 is 0 Å². The summed E-state index contributed by atoms with van der Waals surface area (Å²) >= 11 is 12.8. The van der Waals surface area contributed by atoms with Crippen molar-refractivity contribution in [2.45, 2.75) is 5.03 Å². The molecule has 0 aliphatic carbocycles. The molecule has 0 atom stereocenters. The van der Waals surface area contributed by atoms with Crippen LogP contribution in [0.15, 0.2) is 56.6 Å². The maximum absolute atomic E-state index is 13.3. The maximum Gasteiger partial charge on any atom is 0.425 e. The van der Waals surface area contributed by atoms with E-state index in [0.717, 1.165) is 17.9 Å². The number of rotatable bonds is 5. The lowest BCUT2D eigenvalue weighted by Gasteiger charge is -2.16. The van der Waals surface area contributed by atoms with Gasteiger partial charge in [-0.2, -0.15) is 0 Å². The molecule has 0 radical (unpaired) electrons. The second-order valence-electron chi connectivity index (χ2n) is 6.81. The molecule has 184 valence electrons. The zero-order valence-corrected chi connectivity index (χ0v) is 22.7. The Hall–Kier alpha value is -2.94. The Bertz CT molecular complexity index is 1440. The number of anilines is 1. The molecule has 0 spiro atoms. The fourth-order valence-corrected chi connectivity index (χ4v) is 5.29. The molecule has 0 saturated carbocycles. The molecule has 3 rings (SSSR count). The summed E-state index contributed by atoms with van der Waals surface area (Å²) in [5, 5.41) is 2.50. The average Bonchev–Trinajstić information content (AvgIpc) is 3.24. The third kappa shape index (κ3) is 6.01. The molecule has 0 aliphatic heterocycles. The van der Waals surface area contributed by atoms with Gasteiger partial charge in [0.25, 0.3) is 11.8 Å². The smallest absolute Gasteiger partial charge is 0.425 e. The number of hydrogen-bond acceptors (Lipinski definition) is 7. The van der Waals surface area contributed by atoms with Crippen LogP contribution >= 0.6 is 43.5 Å². The van der Waals surface area contributed by atoms with Gasteiger partial charge in [0, 0.05) is 21.4 Å². The van der Waals surface area contributed by atoms with Gasteiger partial charge < -0.3 is 10.1 Å². The molecule has 0 fully saturated rings. The summed E-state index contributed by atoms with van der Waals surface area (Å²) in [5.41, 5.74) is 4.10. The monoisotopic (exact) mass is 647 g/mol. The molecule has 0 saturated heterocycles. The van der Waals surface area contributed by atoms with Crippen LogP contribution < -0.4 is 16.2 Å². The van der Waals surface area contributed by atoms with Crippen LogP contribution in [-0.4, -0.2) is 49.2 Å². The number of carbonyl (C=O) groups excluding carboxylic acids is 3. The number of sulfone groups is 1. The predicted octanol–water partition coefficient (Wildman–Crippen LogP) is 3.71. The number of carbonyl (C=O) groups is 3. The maximum atomic E-state index is 13.3. The third-order valence-corrected chi connectivity index (χ3v) is 6.87. The minimum Gasteiger partial charge on any atom is -0.452 e. The minimum absolute atomic E-state index is 0.0276. The van der Waals surface area contributed by atoms with Gasteiger partial charge in [0.05, 0.1) is 23.4 Å². The molecule has 3 N–H and O–H groups in total. The summed E-state index contributed by atoms with van der Waals surface area (Å²) in [5.74, 6) is -1.51. The zero-order valence-electron chi connectivity index (χ0n) is 17.9. The molecule has 2 aromatic heterocycles. The van der Waals surface area contributed by atoms with E-state index in [2.05, 4.69) is 52.3 Å². The van der Waals surface area contributed by atoms with Crippen LogP contribution in [0, 0.1) is 0 Å². The van der Waals surface area contributed by atoms with Gasteiger partial charge in [-0.05, 0) is 52.3 Å². The van der Waals surface area contributed by atoms with Crippen molar-refractivity contribution in [2.24, 2.45) is 0 Å². The predicted molar refractivity (Wildman–Crippen MR) is 134 cm³/mol. The highest BCUT2D eigenvalue weighted by atomic mass is 79.9. The normalized spacial score (nSPS) is 11.0. The van der Waals surface area contributed by atoms with Gasteiger partial charge in [0.15, 0.2) is 15.7 Å². The number of methoxy groups -OCH3 is 1. The first-order valence-electron chi connectivity index (χ1n) is 9.41. The van der Waals surface area contributed by atoms with Gasteiger partial charge in [-0.15, -0.1) is 0 Å². The van der Waals surface area contributed by atoms with Crippen molar-refractivity contribution in [3.8, 4) is 5.82 Å². The van der Waals surface area contributed by atoms with Crippen molar-refractivity contribution < 1.29 is 27.5 Å². The Morgan fingerprint density at radius 2 is 1.80 bits per heavy atom. The lowest BCUT2D eigenvalue weighted by atomic mass is 10.1. The van der Waals surface area contributed by atoms with E-state index in [1.54, 1.807) is 12.1 Å². The number of halogens is 3. The largest absolute Gasteiger partial charge is 0.452 e. The number of aromatic nitrogens is 2. The molecule has 2 heterocycles. The van der Waals surface area contributed by atoms with Gasteiger partial charge in [-0.3, -0.25) is 19.6 Å². The molecule has 15 heteroatoms. The molecule has 0 unspecified atom stereocenters. The van der Waals surface area contributed by atoms with Crippen molar-refractivity contribution in [1.82, 2.24) is 20.4 Å². The standard InChI is InChI=1S/C20H16Br2ClN5O6S/c1-34-20(31)27-26-18(29)11-8-10(21)9-12(22)16(11)25-19(30)14-5-6-15(35(2,32)33)28(14)17-13(23)4-3-7-24-17/h3-9H,1-2H3,(H,25,30)(H,26,29)(H,27,31). The number of amides is 3. The Labute approximate surface area is 221 Å². The van der Waals surface area contributed by atoms with Crippen LogP contribution in [0.4, 0.5) is 10.5 Å². The number of nitrogens with zero attached hydrogens (tertiary/aromatic N) is 2. The van der Waals surface area contributed by atoms with Crippen molar-refractivity contribution in [2.75, 3.05) is 18.7 Å². The Kier molecular flexibility index (Phi) is 8.20. The number of pyridine rings is 1. The summed E-state index contributed by atoms with van der Waals surface area (Å²) in [7, 11) is -2.66. The van der Waals surface area contributed by atoms with Crippen molar-refractivity contribution >= 4 is 76.9 Å². The van der Waals surface area contributed by atoms with Gasteiger partial charge in [0.2, 0.25) is 0 Å². The second kappa shape index (κ2) is 10.8. The Balaban J connectivity index is 2.07. The van der Waals surface area contributed by atoms with E-state index in [9.17, 15) is 22.8 Å². The summed E-state index contributed by atoms with van der Waals surface area (Å²) in [6.07, 6.45) is 1.48. The fourth-order valence-electron chi connectivity index (χ4n) is 2.93. The van der Waals surface area contributed by atoms with Gasteiger partial charge in [0.1, 0.15) is 10.7 Å². The van der Waals surface area contributed by atoms with Crippen LogP contribution in [0.25, 0.3) is 5.82 Å². The van der Waals surface area contributed by atoms with E-state index in [1.165, 1.54) is 30.5 Å². The summed E-state index contributed by atoms with van der Waals surface area (Å²) in [6, 6.07) is 8.59. The number of nitrogens with one attached hydrogen (secondary N) is 3. The van der Waals surface area contributed by atoms with Gasteiger partial charge in [-0.1, -0.05) is 27.5 Å². The third-order valence-electron chi connectivity index (χ3n) is 4.41. The summed E-state index contributed by atoms with van der Waals surface area (Å²) in [6.45, 7) is 0. The van der Waals surface area contributed by atoms with Crippen LogP contribution in [0.1, 0.15) is 20.8 Å². The molecular weight excluding hydrogens is 634 g/mol. The van der Waals surface area contributed by atoms with Crippen molar-refractivity contribution in [3.05, 3.63) is 67.8 Å². The van der Waals surface area contributed by atoms with Crippen LogP contribution in [0.5, 0.6) is 0 Å². The van der Waals surface area contributed by atoms with E-state index in [-0.39, 0.29) is 32.8 Å². The van der Waals surface area contributed by atoms with Crippen molar-refractivity contribution in [1.29, 1.82) is 0 Å². The molecule has 3 amide bonds. The molecule has 3 aromatic rings. The summed E-state index contributed by atoms with van der Waals surface area (Å²) < 4.78 is 31.1. The number of ether oxygens (including phenoxy) is 1. The summed E-state index contributed by atoms with van der Waals surface area (Å²) in [4.78, 5) is 41.5. The molecule has 0 bridgehead atoms. The SMILES string of the molecule is COC(=O)NNC(=O)c1cc(Br)cc(Br)c1NC(=O)c1ccc(S(C)(=O)=O)n1-c1ncccc1Cl. The molecular formula is C20H16Br2ClN5O6S. The lowest BCUT2D eigenvalue weighted by Crippen LogP contribution is -2.41. The van der Waals surface area contributed by atoms with Crippen LogP contribution in [-0.2, 0) is 14.6 Å². The lowest BCUT2D eigenvalue weighted by molar-refractivity contribution is 0.0921. The van der Waals surface area contributed by atoms with Crippen LogP contribution in [0.3, 0.4) is 0 Å². The quantitative estimate of drug-likeness (QED) is 0.357. The zero-order chi connectivity index (χ0) is 25.9. The highest BCUT2D eigenvalue weighted by Gasteiger charge is 2.26. The van der Waals surface area contributed by atoms with Crippen molar-refractivity contribution in [3.63, 3.8) is 0 Å². The number of benzene rings is 1. The molecule has 0 aliphatic rings. The average molecular weight is 650 g/mol. The first-order chi connectivity index (χ1) is 16.4. The molecule has 35 heavy (non-hydrogen) atoms. The van der Waals surface area contributed by atoms with E-state index in [4.69, 9.17) is 11.6 Å². The van der Waals surface area contributed by atoms with E-state index in [1.807, 2.05) is 5.43 Å². The van der Waals surface area contributed by atoms with Gasteiger partial charge >= 0.3 is 6.09 Å². The first-order valence-corrected chi connectivity index (χ1v) is 13.3. The fraction of sp³-hybridized carbons (Fsp3) is 0.100. The Morgan fingerprint density at radius 3 is 2.43 bits per heavy atom. The topological polar surface area (TPSA) is 148 Å². The number of hydrazine groups is 1. The molecule has 1 aromatic carbocycles. The van der Waals surface area contributed by atoms with Crippen LogP contribution in [0.2, 0.25) is 5.02 Å². The highest BCUT2D eigenvalue weighted by molar-refractivity contribution is 9.11. The first kappa shape index (κ1) is 26.7. The minimum atomic E-state index is -3.78.